The Morgan fingerprint density at radius 1 is 1.17 bits per heavy atom. The number of thiophene rings is 1. The number of nitriles is 1. The zero-order valence-corrected chi connectivity index (χ0v) is 17.1. The number of H-pyrrole nitrogens is 1. The van der Waals surface area contributed by atoms with Gasteiger partial charge < -0.3 is 9.72 Å². The van der Waals surface area contributed by atoms with Gasteiger partial charge in [-0.15, -0.1) is 11.3 Å². The van der Waals surface area contributed by atoms with Crippen LogP contribution in [0, 0.1) is 11.3 Å². The number of ether oxygens (including phenoxy) is 1. The SMILES string of the molecule is CCCCCCOC(=O)c1cc(-c2ccc(C#N)cc2)[nH]c(=O)c1-c1cccs1. The minimum Gasteiger partial charge on any atom is -0.462 e. The molecule has 0 aliphatic heterocycles. The van der Waals surface area contributed by atoms with Crippen molar-refractivity contribution in [1.82, 2.24) is 4.98 Å². The van der Waals surface area contributed by atoms with Gasteiger partial charge >= 0.3 is 5.97 Å². The topological polar surface area (TPSA) is 82.9 Å². The monoisotopic (exact) mass is 406 g/mol. The van der Waals surface area contributed by atoms with Crippen LogP contribution in [-0.2, 0) is 4.74 Å². The van der Waals surface area contributed by atoms with Crippen molar-refractivity contribution in [2.45, 2.75) is 32.6 Å². The molecule has 0 aliphatic carbocycles. The summed E-state index contributed by atoms with van der Waals surface area (Å²) in [6.07, 6.45) is 4.03. The molecule has 0 unspecified atom stereocenters. The lowest BCUT2D eigenvalue weighted by Gasteiger charge is -2.11. The molecule has 0 bridgehead atoms. The number of nitrogens with zero attached hydrogens (tertiary/aromatic N) is 1. The Bertz CT molecular complexity index is 1060. The Morgan fingerprint density at radius 2 is 1.97 bits per heavy atom. The molecule has 0 radical (unpaired) electrons. The first-order chi connectivity index (χ1) is 14.1. The number of pyridine rings is 1. The fraction of sp³-hybridized carbons (Fsp3) is 0.261. The summed E-state index contributed by atoms with van der Waals surface area (Å²) in [4.78, 5) is 29.3. The fourth-order valence-corrected chi connectivity index (χ4v) is 3.82. The predicted molar refractivity (Wildman–Crippen MR) is 115 cm³/mol. The fourth-order valence-electron chi connectivity index (χ4n) is 3.04. The van der Waals surface area contributed by atoms with E-state index >= 15 is 0 Å². The van der Waals surface area contributed by atoms with E-state index in [1.54, 1.807) is 30.3 Å². The number of esters is 1. The summed E-state index contributed by atoms with van der Waals surface area (Å²) in [5, 5.41) is 10.8. The summed E-state index contributed by atoms with van der Waals surface area (Å²) >= 11 is 1.40. The van der Waals surface area contributed by atoms with E-state index in [-0.39, 0.29) is 11.1 Å². The highest BCUT2D eigenvalue weighted by molar-refractivity contribution is 7.13. The maximum atomic E-state index is 12.9. The maximum Gasteiger partial charge on any atom is 0.339 e. The minimum atomic E-state index is -0.495. The summed E-state index contributed by atoms with van der Waals surface area (Å²) in [7, 11) is 0. The largest absolute Gasteiger partial charge is 0.462 e. The minimum absolute atomic E-state index is 0.256. The molecule has 2 heterocycles. The van der Waals surface area contributed by atoms with Crippen molar-refractivity contribution in [3.8, 4) is 27.8 Å². The predicted octanol–water partition coefficient (Wildman–Crippen LogP) is 5.38. The van der Waals surface area contributed by atoms with Crippen LogP contribution in [0.25, 0.3) is 21.7 Å². The third-order valence-electron chi connectivity index (χ3n) is 4.58. The van der Waals surface area contributed by atoms with Crippen LogP contribution in [0.2, 0.25) is 0 Å². The number of rotatable bonds is 8. The standard InChI is InChI=1S/C23H22N2O3S/c1-2-3-4-5-12-28-23(27)18-14-19(17-10-8-16(15-24)9-11-17)25-22(26)21(18)20-7-6-13-29-20/h6-11,13-14H,2-5,12H2,1H3,(H,25,26). The first-order valence-electron chi connectivity index (χ1n) is 9.63. The van der Waals surface area contributed by atoms with Crippen LogP contribution >= 0.6 is 11.3 Å². The van der Waals surface area contributed by atoms with Gasteiger partial charge in [-0.25, -0.2) is 4.79 Å². The van der Waals surface area contributed by atoms with Gasteiger partial charge in [0.15, 0.2) is 0 Å². The van der Waals surface area contributed by atoms with Gasteiger partial charge in [0.1, 0.15) is 0 Å². The van der Waals surface area contributed by atoms with Gasteiger partial charge in [0.2, 0.25) is 0 Å². The summed E-state index contributed by atoms with van der Waals surface area (Å²) < 4.78 is 5.47. The molecule has 29 heavy (non-hydrogen) atoms. The summed E-state index contributed by atoms with van der Waals surface area (Å²) in [5.74, 6) is -0.495. The molecule has 1 N–H and O–H groups in total. The van der Waals surface area contributed by atoms with Crippen LogP contribution in [0.3, 0.4) is 0 Å². The van der Waals surface area contributed by atoms with Crippen molar-refractivity contribution in [2.75, 3.05) is 6.61 Å². The number of hydrogen-bond donors (Lipinski definition) is 1. The molecule has 0 saturated heterocycles. The molecule has 1 aromatic carbocycles. The van der Waals surface area contributed by atoms with Crippen molar-refractivity contribution < 1.29 is 9.53 Å². The highest BCUT2D eigenvalue weighted by Gasteiger charge is 2.20. The van der Waals surface area contributed by atoms with E-state index in [2.05, 4.69) is 18.0 Å². The molecular weight excluding hydrogens is 384 g/mol. The van der Waals surface area contributed by atoms with E-state index in [0.29, 0.717) is 23.4 Å². The number of hydrogen-bond acceptors (Lipinski definition) is 5. The van der Waals surface area contributed by atoms with Crippen LogP contribution < -0.4 is 5.56 Å². The molecule has 0 atom stereocenters. The van der Waals surface area contributed by atoms with Crippen molar-refractivity contribution in [2.24, 2.45) is 0 Å². The first kappa shape index (κ1) is 20.6. The number of carbonyl (C=O) groups is 1. The molecule has 2 aromatic heterocycles. The first-order valence-corrected chi connectivity index (χ1v) is 10.5. The molecule has 0 spiro atoms. The van der Waals surface area contributed by atoms with Crippen LogP contribution in [0.4, 0.5) is 0 Å². The molecule has 6 heteroatoms. The molecule has 0 amide bonds. The van der Waals surface area contributed by atoms with Gasteiger partial charge in [-0.2, -0.15) is 5.26 Å². The smallest absolute Gasteiger partial charge is 0.339 e. The van der Waals surface area contributed by atoms with Crippen molar-refractivity contribution in [1.29, 1.82) is 5.26 Å². The molecule has 0 saturated carbocycles. The Labute approximate surface area is 173 Å². The second kappa shape index (κ2) is 9.85. The number of benzene rings is 1. The normalized spacial score (nSPS) is 10.5. The van der Waals surface area contributed by atoms with Crippen LogP contribution in [0.1, 0.15) is 48.5 Å². The van der Waals surface area contributed by atoms with Crippen molar-refractivity contribution in [3.63, 3.8) is 0 Å². The van der Waals surface area contributed by atoms with Gasteiger partial charge in [0.25, 0.3) is 5.56 Å². The molecule has 0 aliphatic rings. The number of aromatic nitrogens is 1. The lowest BCUT2D eigenvalue weighted by atomic mass is 10.0. The molecule has 3 rings (SSSR count). The number of aromatic amines is 1. The van der Waals surface area contributed by atoms with E-state index in [0.717, 1.165) is 36.1 Å². The third kappa shape index (κ3) is 5.01. The molecule has 3 aromatic rings. The van der Waals surface area contributed by atoms with Crippen molar-refractivity contribution in [3.05, 3.63) is 69.3 Å². The average Bonchev–Trinajstić information content (AvgIpc) is 3.27. The lowest BCUT2D eigenvalue weighted by Crippen LogP contribution is -2.17. The van der Waals surface area contributed by atoms with Gasteiger partial charge in [-0.1, -0.05) is 44.4 Å². The Kier molecular flexibility index (Phi) is 6.99. The van der Waals surface area contributed by atoms with E-state index < -0.39 is 5.97 Å². The highest BCUT2D eigenvalue weighted by Crippen LogP contribution is 2.28. The zero-order chi connectivity index (χ0) is 20.6. The Morgan fingerprint density at radius 3 is 2.62 bits per heavy atom. The summed E-state index contributed by atoms with van der Waals surface area (Å²) in [5.41, 5.74) is 2.00. The van der Waals surface area contributed by atoms with Gasteiger partial charge in [-0.05, 0) is 41.6 Å². The molecular formula is C23H22N2O3S. The van der Waals surface area contributed by atoms with Gasteiger partial charge in [-0.3, -0.25) is 4.79 Å². The van der Waals surface area contributed by atoms with Gasteiger partial charge in [0, 0.05) is 10.6 Å². The van der Waals surface area contributed by atoms with Gasteiger partial charge in [0.05, 0.1) is 29.4 Å². The van der Waals surface area contributed by atoms with E-state index in [9.17, 15) is 9.59 Å². The summed E-state index contributed by atoms with van der Waals surface area (Å²) in [6.45, 7) is 2.46. The second-order valence-corrected chi connectivity index (χ2v) is 7.61. The molecule has 148 valence electrons. The lowest BCUT2D eigenvalue weighted by molar-refractivity contribution is 0.0498. The molecule has 0 fully saturated rings. The van der Waals surface area contributed by atoms with E-state index in [4.69, 9.17) is 10.00 Å². The van der Waals surface area contributed by atoms with Crippen molar-refractivity contribution >= 4 is 17.3 Å². The number of nitrogens with one attached hydrogen (secondary N) is 1. The molecule has 5 nitrogen and oxygen atoms in total. The second-order valence-electron chi connectivity index (χ2n) is 6.66. The van der Waals surface area contributed by atoms with Crippen LogP contribution in [0.15, 0.2) is 52.6 Å². The van der Waals surface area contributed by atoms with Crippen LogP contribution in [0.5, 0.6) is 0 Å². The van der Waals surface area contributed by atoms with Crippen LogP contribution in [-0.4, -0.2) is 17.6 Å². The third-order valence-corrected chi connectivity index (χ3v) is 5.46. The Hall–Kier alpha value is -3.17. The maximum absolute atomic E-state index is 12.9. The van der Waals surface area contributed by atoms with E-state index in [1.165, 1.54) is 11.3 Å². The average molecular weight is 407 g/mol. The quantitative estimate of drug-likeness (QED) is 0.402. The number of unbranched alkanes of at least 4 members (excludes halogenated alkanes) is 3. The van der Waals surface area contributed by atoms with E-state index in [1.807, 2.05) is 17.5 Å². The highest BCUT2D eigenvalue weighted by atomic mass is 32.1. The summed E-state index contributed by atoms with van der Waals surface area (Å²) in [6, 6.07) is 14.2. The Balaban J connectivity index is 1.96. The zero-order valence-electron chi connectivity index (χ0n) is 16.2. The number of carbonyl (C=O) groups excluding carboxylic acids is 1.